The molecule has 2 aliphatic rings. The van der Waals surface area contributed by atoms with Crippen molar-refractivity contribution in [1.82, 2.24) is 5.32 Å². The van der Waals surface area contributed by atoms with Crippen molar-refractivity contribution in [3.8, 4) is 22.5 Å². The lowest BCUT2D eigenvalue weighted by Gasteiger charge is -2.18. The van der Waals surface area contributed by atoms with Crippen LogP contribution in [0.3, 0.4) is 0 Å². The van der Waals surface area contributed by atoms with Crippen molar-refractivity contribution in [2.75, 3.05) is 45.3 Å². The summed E-state index contributed by atoms with van der Waals surface area (Å²) in [7, 11) is 0. The number of nitrogens with zero attached hydrogens (tertiary/aromatic N) is 3. The van der Waals surface area contributed by atoms with Gasteiger partial charge in [0.25, 0.3) is 5.91 Å². The number of aromatic carboxylic acids is 1. The highest BCUT2D eigenvalue weighted by molar-refractivity contribution is 6.09. The summed E-state index contributed by atoms with van der Waals surface area (Å²) in [5.74, 6) is -1.16. The monoisotopic (exact) mass is 530 g/mol. The van der Waals surface area contributed by atoms with Crippen molar-refractivity contribution < 1.29 is 28.6 Å². The number of hydrogen-bond acceptors (Lipinski definition) is 8. The molecule has 39 heavy (non-hydrogen) atoms. The fourth-order valence-electron chi connectivity index (χ4n) is 4.09. The number of rotatable bonds is 12. The fraction of sp³-hybridized carbons (Fsp3) is 0.222. The lowest BCUT2D eigenvalue weighted by Crippen LogP contribution is -2.27. The van der Waals surface area contributed by atoms with Crippen LogP contribution in [-0.4, -0.2) is 56.5 Å². The van der Waals surface area contributed by atoms with E-state index in [4.69, 9.17) is 30.6 Å². The highest BCUT2D eigenvalue weighted by atomic mass is 16.5. The molecule has 2 aromatic rings. The summed E-state index contributed by atoms with van der Waals surface area (Å²) in [4.78, 5) is 27.8. The Kier molecular flexibility index (Phi) is 8.75. The molecular weight excluding hydrogens is 504 g/mol. The van der Waals surface area contributed by atoms with Crippen LogP contribution in [0.15, 0.2) is 64.1 Å². The first-order chi connectivity index (χ1) is 18.9. The van der Waals surface area contributed by atoms with E-state index in [2.05, 4.69) is 15.3 Å². The first-order valence-electron chi connectivity index (χ1n) is 12.0. The van der Waals surface area contributed by atoms with Crippen LogP contribution in [0.5, 0.6) is 0 Å². The van der Waals surface area contributed by atoms with Gasteiger partial charge in [0.05, 0.1) is 37.3 Å². The van der Waals surface area contributed by atoms with Gasteiger partial charge in [-0.2, -0.15) is 0 Å². The maximum Gasteiger partial charge on any atom is 0.336 e. The number of fused-ring (bicyclic) bond motifs is 2. The van der Waals surface area contributed by atoms with E-state index in [1.54, 1.807) is 36.4 Å². The molecule has 4 rings (SSSR count). The Morgan fingerprint density at radius 2 is 1.82 bits per heavy atom. The zero-order valence-corrected chi connectivity index (χ0v) is 20.8. The second-order valence-corrected chi connectivity index (χ2v) is 8.44. The number of benzene rings is 3. The molecule has 12 heteroatoms. The molecule has 1 amide bonds. The smallest absolute Gasteiger partial charge is 0.336 e. The largest absolute Gasteiger partial charge is 0.478 e. The summed E-state index contributed by atoms with van der Waals surface area (Å²) in [5, 5.41) is 24.9. The summed E-state index contributed by atoms with van der Waals surface area (Å²) >= 11 is 0. The quantitative estimate of drug-likeness (QED) is 0.0529. The topological polar surface area (TPSA) is 197 Å². The number of azide groups is 1. The van der Waals surface area contributed by atoms with E-state index in [-0.39, 0.29) is 36.2 Å². The van der Waals surface area contributed by atoms with Crippen LogP contribution in [0.25, 0.3) is 43.9 Å². The van der Waals surface area contributed by atoms with Crippen molar-refractivity contribution in [2.24, 2.45) is 5.11 Å². The van der Waals surface area contributed by atoms with E-state index >= 15 is 0 Å². The summed E-state index contributed by atoms with van der Waals surface area (Å²) in [6, 6.07) is 14.3. The minimum absolute atomic E-state index is 0.0101. The molecule has 0 spiro atoms. The molecule has 1 aliphatic carbocycles. The van der Waals surface area contributed by atoms with Gasteiger partial charge in [-0.3, -0.25) is 4.79 Å². The molecule has 0 aromatic heterocycles. The lowest BCUT2D eigenvalue weighted by atomic mass is 9.89. The van der Waals surface area contributed by atoms with Gasteiger partial charge in [0.2, 0.25) is 0 Å². The van der Waals surface area contributed by atoms with Crippen molar-refractivity contribution in [3.63, 3.8) is 0 Å². The van der Waals surface area contributed by atoms with Crippen LogP contribution in [0, 0.1) is 5.41 Å². The third-order valence-electron chi connectivity index (χ3n) is 5.83. The van der Waals surface area contributed by atoms with Gasteiger partial charge in [0.15, 0.2) is 0 Å². The van der Waals surface area contributed by atoms with Crippen molar-refractivity contribution in [1.29, 1.82) is 5.41 Å². The van der Waals surface area contributed by atoms with Crippen LogP contribution in [0.1, 0.15) is 20.7 Å². The average molecular weight is 531 g/mol. The molecule has 12 nitrogen and oxygen atoms in total. The van der Waals surface area contributed by atoms with E-state index in [9.17, 15) is 14.7 Å². The molecule has 0 unspecified atom stereocenters. The number of ether oxygens (including phenoxy) is 2. The number of nitrogens with two attached hydrogens (primary N) is 1. The normalized spacial score (nSPS) is 10.9. The predicted molar refractivity (Wildman–Crippen MR) is 143 cm³/mol. The Labute approximate surface area is 222 Å². The SMILES string of the molecule is [N-]=[N+]=NCCOCCOCCNC(=O)c1ccc(C(=O)O)c(-c2c3ccc(=N)cc-3oc3cc(N)ccc23)c1. The zero-order chi connectivity index (χ0) is 27.8. The van der Waals surface area contributed by atoms with Gasteiger partial charge in [-0.25, -0.2) is 4.79 Å². The summed E-state index contributed by atoms with van der Waals surface area (Å²) in [6.07, 6.45) is 0. The lowest BCUT2D eigenvalue weighted by molar-refractivity contribution is 0.0511. The van der Waals surface area contributed by atoms with Crippen LogP contribution in [0.4, 0.5) is 5.69 Å². The van der Waals surface area contributed by atoms with E-state index in [1.807, 2.05) is 0 Å². The van der Waals surface area contributed by atoms with Gasteiger partial charge in [0, 0.05) is 57.9 Å². The van der Waals surface area contributed by atoms with E-state index in [0.717, 1.165) is 0 Å². The number of nitrogen functional groups attached to an aromatic ring is 1. The van der Waals surface area contributed by atoms with Gasteiger partial charge in [0.1, 0.15) is 11.3 Å². The van der Waals surface area contributed by atoms with Crippen LogP contribution in [-0.2, 0) is 9.47 Å². The number of carboxylic acid groups (broad SMARTS) is 1. The third-order valence-corrected chi connectivity index (χ3v) is 5.83. The molecule has 1 heterocycles. The van der Waals surface area contributed by atoms with Crippen molar-refractivity contribution in [2.45, 2.75) is 0 Å². The molecule has 0 saturated carbocycles. The predicted octanol–water partition coefficient (Wildman–Crippen LogP) is 4.04. The molecule has 1 aliphatic heterocycles. The number of amides is 1. The Morgan fingerprint density at radius 3 is 2.59 bits per heavy atom. The minimum Gasteiger partial charge on any atom is -0.478 e. The van der Waals surface area contributed by atoms with Gasteiger partial charge in [-0.05, 0) is 53.6 Å². The van der Waals surface area contributed by atoms with Gasteiger partial charge < -0.3 is 35.5 Å². The van der Waals surface area contributed by atoms with Crippen LogP contribution in [0.2, 0.25) is 0 Å². The molecule has 0 saturated heterocycles. The van der Waals surface area contributed by atoms with E-state index in [0.29, 0.717) is 58.9 Å². The maximum atomic E-state index is 12.9. The second-order valence-electron chi connectivity index (χ2n) is 8.44. The van der Waals surface area contributed by atoms with Crippen LogP contribution < -0.4 is 16.4 Å². The van der Waals surface area contributed by atoms with Crippen molar-refractivity contribution in [3.05, 3.63) is 81.5 Å². The molecule has 5 N–H and O–H groups in total. The highest BCUT2D eigenvalue weighted by Crippen LogP contribution is 2.41. The van der Waals surface area contributed by atoms with Crippen molar-refractivity contribution >= 4 is 28.5 Å². The Morgan fingerprint density at radius 1 is 1.03 bits per heavy atom. The number of hydrogen-bond donors (Lipinski definition) is 4. The number of carbonyl (C=O) groups excluding carboxylic acids is 1. The fourth-order valence-corrected chi connectivity index (χ4v) is 4.09. The highest BCUT2D eigenvalue weighted by Gasteiger charge is 2.23. The summed E-state index contributed by atoms with van der Waals surface area (Å²) in [6.45, 7) is 1.67. The van der Waals surface area contributed by atoms with Gasteiger partial charge >= 0.3 is 5.97 Å². The Hall–Kier alpha value is -4.90. The summed E-state index contributed by atoms with van der Waals surface area (Å²) < 4.78 is 16.7. The third kappa shape index (κ3) is 6.51. The first kappa shape index (κ1) is 27.1. The van der Waals surface area contributed by atoms with E-state index < -0.39 is 11.9 Å². The number of carbonyl (C=O) groups is 2. The van der Waals surface area contributed by atoms with Gasteiger partial charge in [-0.15, -0.1) is 0 Å². The Balaban J connectivity index is 1.58. The minimum atomic E-state index is -1.15. The maximum absolute atomic E-state index is 12.9. The molecule has 200 valence electrons. The number of nitrogens with one attached hydrogen (secondary N) is 2. The molecule has 0 bridgehead atoms. The van der Waals surface area contributed by atoms with E-state index in [1.165, 1.54) is 18.2 Å². The molecular formula is C27H26N6O6. The second kappa shape index (κ2) is 12.6. The standard InChI is InChI=1S/C27H26N6O6/c28-17-2-5-20-23(14-17)39-24-15-18(29)3-6-21(24)25(20)22-13-16(1-4-19(22)27(35)36)26(34)31-7-9-37-11-12-38-10-8-32-33-30/h1-6,13-15,28H,7-12,29H2,(H,31,34)(H,35,36). The molecule has 0 fully saturated rings. The number of anilines is 1. The molecule has 0 atom stereocenters. The molecule has 2 aromatic carbocycles. The first-order valence-corrected chi connectivity index (χ1v) is 12.0. The Bertz CT molecular complexity index is 1590. The summed E-state index contributed by atoms with van der Waals surface area (Å²) in [5.41, 5.74) is 16.8. The van der Waals surface area contributed by atoms with Crippen LogP contribution >= 0.6 is 0 Å². The average Bonchev–Trinajstić information content (AvgIpc) is 2.92. The number of carboxylic acids is 1. The van der Waals surface area contributed by atoms with Gasteiger partial charge in [-0.1, -0.05) is 5.11 Å². The zero-order valence-electron chi connectivity index (χ0n) is 20.8. The molecule has 0 radical (unpaired) electrons.